The first kappa shape index (κ1) is 16.1. The van der Waals surface area contributed by atoms with Gasteiger partial charge < -0.3 is 9.52 Å². The van der Waals surface area contributed by atoms with Crippen LogP contribution in [0.5, 0.6) is 0 Å². The van der Waals surface area contributed by atoms with Crippen molar-refractivity contribution in [2.24, 2.45) is 0 Å². The monoisotopic (exact) mass is 373 g/mol. The minimum atomic E-state index is -3.82. The van der Waals surface area contributed by atoms with Gasteiger partial charge in [-0.3, -0.25) is 4.72 Å². The molecule has 0 unspecified atom stereocenters. The number of furan rings is 1. The molecule has 21 heavy (non-hydrogen) atoms. The van der Waals surface area contributed by atoms with Crippen molar-refractivity contribution in [3.63, 3.8) is 0 Å². The van der Waals surface area contributed by atoms with Crippen molar-refractivity contribution in [1.29, 1.82) is 0 Å². The van der Waals surface area contributed by atoms with E-state index in [1.54, 1.807) is 26.0 Å². The Hall–Kier alpha value is -1.31. The Morgan fingerprint density at radius 3 is 2.48 bits per heavy atom. The molecule has 0 spiro atoms. The smallest absolute Gasteiger partial charge is 0.265 e. The molecular formula is C14H16BrNO4S. The molecule has 0 radical (unpaired) electrons. The molecule has 0 atom stereocenters. The van der Waals surface area contributed by atoms with E-state index in [-0.39, 0.29) is 16.2 Å². The predicted molar refractivity (Wildman–Crippen MR) is 83.8 cm³/mol. The third kappa shape index (κ3) is 3.14. The number of nitrogens with one attached hydrogen (secondary N) is 1. The second-order valence-corrected chi connectivity index (χ2v) is 7.28. The Bertz CT molecular complexity index is 781. The Kier molecular flexibility index (Phi) is 4.46. The first-order chi connectivity index (χ1) is 9.76. The number of aliphatic hydroxyl groups is 1. The Morgan fingerprint density at radius 1 is 1.24 bits per heavy atom. The zero-order valence-electron chi connectivity index (χ0n) is 11.9. The molecule has 0 aliphatic rings. The van der Waals surface area contributed by atoms with Gasteiger partial charge in [0, 0.05) is 10.0 Å². The molecule has 0 amide bonds. The zero-order valence-corrected chi connectivity index (χ0v) is 14.3. The maximum atomic E-state index is 12.6. The van der Waals surface area contributed by atoms with Crippen LogP contribution >= 0.6 is 15.9 Å². The van der Waals surface area contributed by atoms with Crippen LogP contribution in [0.25, 0.3) is 0 Å². The van der Waals surface area contributed by atoms with Gasteiger partial charge in [-0.15, -0.1) is 0 Å². The Labute approximate surface area is 132 Å². The summed E-state index contributed by atoms with van der Waals surface area (Å²) in [5, 5.41) is 9.37. The van der Waals surface area contributed by atoms with Gasteiger partial charge in [0.1, 0.15) is 16.4 Å². The van der Waals surface area contributed by atoms with Crippen LogP contribution in [0.1, 0.15) is 22.6 Å². The van der Waals surface area contributed by atoms with E-state index in [9.17, 15) is 13.5 Å². The number of halogens is 1. The summed E-state index contributed by atoms with van der Waals surface area (Å²) in [5.74, 6) is 0.668. The summed E-state index contributed by atoms with van der Waals surface area (Å²) in [5.41, 5.74) is 1.56. The van der Waals surface area contributed by atoms with Crippen molar-refractivity contribution >= 4 is 31.6 Å². The van der Waals surface area contributed by atoms with Crippen LogP contribution in [-0.2, 0) is 16.6 Å². The fourth-order valence-corrected chi connectivity index (χ4v) is 4.23. The Balaban J connectivity index is 2.48. The number of rotatable bonds is 4. The molecular weight excluding hydrogens is 358 g/mol. The van der Waals surface area contributed by atoms with Crippen LogP contribution in [0.4, 0.5) is 5.69 Å². The average Bonchev–Trinajstić information content (AvgIpc) is 2.67. The SMILES string of the molecule is Cc1cc(Br)ccc1NS(=O)(=O)c1c(C)oc(C)c1CO. The number of hydrogen-bond donors (Lipinski definition) is 2. The van der Waals surface area contributed by atoms with E-state index in [0.717, 1.165) is 10.0 Å². The lowest BCUT2D eigenvalue weighted by molar-refractivity contribution is 0.276. The second kappa shape index (κ2) is 5.82. The average molecular weight is 374 g/mol. The van der Waals surface area contributed by atoms with Crippen LogP contribution in [0.3, 0.4) is 0 Å². The molecule has 2 aromatic rings. The molecule has 114 valence electrons. The van der Waals surface area contributed by atoms with Gasteiger partial charge in [0.2, 0.25) is 0 Å². The summed E-state index contributed by atoms with van der Waals surface area (Å²) in [4.78, 5) is 0.00446. The van der Waals surface area contributed by atoms with Gasteiger partial charge in [-0.25, -0.2) is 8.42 Å². The lowest BCUT2D eigenvalue weighted by Crippen LogP contribution is -2.16. The molecule has 0 fully saturated rings. The maximum Gasteiger partial charge on any atom is 0.265 e. The van der Waals surface area contributed by atoms with Gasteiger partial charge in [-0.2, -0.15) is 0 Å². The summed E-state index contributed by atoms with van der Waals surface area (Å²) in [7, 11) is -3.82. The van der Waals surface area contributed by atoms with E-state index in [4.69, 9.17) is 4.42 Å². The normalized spacial score (nSPS) is 11.7. The molecule has 7 heteroatoms. The molecule has 1 heterocycles. The van der Waals surface area contributed by atoms with E-state index in [1.165, 1.54) is 0 Å². The van der Waals surface area contributed by atoms with Gasteiger partial charge in [-0.05, 0) is 44.5 Å². The predicted octanol–water partition coefficient (Wildman–Crippen LogP) is 3.26. The van der Waals surface area contributed by atoms with Crippen molar-refractivity contribution in [2.75, 3.05) is 4.72 Å². The molecule has 0 bridgehead atoms. The zero-order chi connectivity index (χ0) is 15.8. The minimum absolute atomic E-state index is 0.00446. The molecule has 0 aliphatic heterocycles. The van der Waals surface area contributed by atoms with Crippen LogP contribution in [-0.4, -0.2) is 13.5 Å². The third-order valence-electron chi connectivity index (χ3n) is 3.18. The van der Waals surface area contributed by atoms with Crippen LogP contribution in [0.2, 0.25) is 0 Å². The second-order valence-electron chi connectivity index (χ2n) is 4.74. The quantitative estimate of drug-likeness (QED) is 0.861. The fourth-order valence-electron chi connectivity index (χ4n) is 2.18. The van der Waals surface area contributed by atoms with Crippen LogP contribution in [0, 0.1) is 20.8 Å². The van der Waals surface area contributed by atoms with Gasteiger partial charge in [0.25, 0.3) is 10.0 Å². The standard InChI is InChI=1S/C14H16BrNO4S/c1-8-6-11(15)4-5-13(8)16-21(18,19)14-10(3)20-9(2)12(14)7-17/h4-6,16-17H,7H2,1-3H3. The molecule has 0 saturated heterocycles. The van der Waals surface area contributed by atoms with Crippen molar-refractivity contribution in [3.8, 4) is 0 Å². The highest BCUT2D eigenvalue weighted by atomic mass is 79.9. The molecule has 5 nitrogen and oxygen atoms in total. The van der Waals surface area contributed by atoms with Crippen LogP contribution in [0.15, 0.2) is 32.0 Å². The first-order valence-corrected chi connectivity index (χ1v) is 8.52. The molecule has 1 aromatic heterocycles. The lowest BCUT2D eigenvalue weighted by Gasteiger charge is -2.11. The lowest BCUT2D eigenvalue weighted by atomic mass is 10.2. The van der Waals surface area contributed by atoms with Gasteiger partial charge in [0.05, 0.1) is 12.3 Å². The highest BCUT2D eigenvalue weighted by Crippen LogP contribution is 2.29. The first-order valence-electron chi connectivity index (χ1n) is 6.25. The minimum Gasteiger partial charge on any atom is -0.465 e. The summed E-state index contributed by atoms with van der Waals surface area (Å²) in [6.07, 6.45) is 0. The van der Waals surface area contributed by atoms with Crippen molar-refractivity contribution in [2.45, 2.75) is 32.3 Å². The molecule has 0 aliphatic carbocycles. The Morgan fingerprint density at radius 2 is 1.90 bits per heavy atom. The van der Waals surface area contributed by atoms with E-state index in [0.29, 0.717) is 11.4 Å². The van der Waals surface area contributed by atoms with Gasteiger partial charge in [0.15, 0.2) is 0 Å². The molecule has 2 N–H and O–H groups in total. The largest absolute Gasteiger partial charge is 0.465 e. The number of sulfonamides is 1. The number of anilines is 1. The molecule has 2 rings (SSSR count). The number of benzene rings is 1. The number of aliphatic hydroxyl groups excluding tert-OH is 1. The van der Waals surface area contributed by atoms with Gasteiger partial charge >= 0.3 is 0 Å². The van der Waals surface area contributed by atoms with E-state index in [1.807, 2.05) is 13.0 Å². The van der Waals surface area contributed by atoms with Crippen LogP contribution < -0.4 is 4.72 Å². The third-order valence-corrected chi connectivity index (χ3v) is 5.24. The van der Waals surface area contributed by atoms with E-state index < -0.39 is 16.6 Å². The van der Waals surface area contributed by atoms with Crippen molar-refractivity contribution in [3.05, 3.63) is 45.3 Å². The summed E-state index contributed by atoms with van der Waals surface area (Å²) >= 11 is 3.33. The van der Waals surface area contributed by atoms with Crippen molar-refractivity contribution < 1.29 is 17.9 Å². The summed E-state index contributed by atoms with van der Waals surface area (Å²) in [6, 6.07) is 5.25. The maximum absolute atomic E-state index is 12.6. The highest BCUT2D eigenvalue weighted by molar-refractivity contribution is 9.10. The highest BCUT2D eigenvalue weighted by Gasteiger charge is 2.26. The topological polar surface area (TPSA) is 79.5 Å². The number of aryl methyl sites for hydroxylation is 3. The fraction of sp³-hybridized carbons (Fsp3) is 0.286. The van der Waals surface area contributed by atoms with Gasteiger partial charge in [-0.1, -0.05) is 15.9 Å². The number of hydrogen-bond acceptors (Lipinski definition) is 4. The van der Waals surface area contributed by atoms with Crippen molar-refractivity contribution in [1.82, 2.24) is 0 Å². The summed E-state index contributed by atoms with van der Waals surface area (Å²) < 4.78 is 33.8. The van der Waals surface area contributed by atoms with E-state index in [2.05, 4.69) is 20.7 Å². The van der Waals surface area contributed by atoms with E-state index >= 15 is 0 Å². The molecule has 1 aromatic carbocycles. The summed E-state index contributed by atoms with van der Waals surface area (Å²) in [6.45, 7) is 4.61. The molecule has 0 saturated carbocycles.